The lowest BCUT2D eigenvalue weighted by Gasteiger charge is -2.27. The molecule has 1 N–H and O–H groups in total. The van der Waals surface area contributed by atoms with Crippen molar-refractivity contribution in [1.82, 2.24) is 14.9 Å². The van der Waals surface area contributed by atoms with E-state index in [1.807, 2.05) is 13.0 Å². The molecule has 1 aromatic carbocycles. The minimum absolute atomic E-state index is 0.0903. The van der Waals surface area contributed by atoms with Gasteiger partial charge in [0.15, 0.2) is 0 Å². The molecule has 1 aliphatic rings. The summed E-state index contributed by atoms with van der Waals surface area (Å²) in [4.78, 5) is 23.0. The van der Waals surface area contributed by atoms with Crippen LogP contribution in [0.2, 0.25) is 5.02 Å². The van der Waals surface area contributed by atoms with E-state index in [4.69, 9.17) is 16.3 Å². The summed E-state index contributed by atoms with van der Waals surface area (Å²) in [5.74, 6) is 1.18. The van der Waals surface area contributed by atoms with Gasteiger partial charge in [-0.15, -0.1) is 0 Å². The van der Waals surface area contributed by atoms with Crippen LogP contribution in [0.1, 0.15) is 41.1 Å². The van der Waals surface area contributed by atoms with Gasteiger partial charge in [0.2, 0.25) is 0 Å². The second kappa shape index (κ2) is 8.23. The summed E-state index contributed by atoms with van der Waals surface area (Å²) < 4.78 is 5.74. The van der Waals surface area contributed by atoms with Crippen LogP contribution < -0.4 is 4.74 Å². The van der Waals surface area contributed by atoms with Crippen LogP contribution in [0.5, 0.6) is 5.75 Å². The molecule has 1 fully saturated rings. The Labute approximate surface area is 164 Å². The van der Waals surface area contributed by atoms with E-state index in [9.17, 15) is 9.90 Å². The summed E-state index contributed by atoms with van der Waals surface area (Å²) in [6, 6.07) is 7.11. The number of rotatable bonds is 4. The zero-order chi connectivity index (χ0) is 19.4. The second-order valence-electron chi connectivity index (χ2n) is 7.03. The highest BCUT2D eigenvalue weighted by atomic mass is 35.5. The molecule has 2 aromatic rings. The molecule has 1 unspecified atom stereocenters. The number of amides is 1. The van der Waals surface area contributed by atoms with Gasteiger partial charge < -0.3 is 14.7 Å². The SMILES string of the molecule is Cc1ncc(C(=O)N2CCCC(O)(COc3cccc(Cl)c3)CC2)c(C)n1. The fraction of sp³-hybridized carbons (Fsp3) is 0.450. The van der Waals surface area contributed by atoms with E-state index >= 15 is 0 Å². The Hall–Kier alpha value is -2.18. The molecule has 0 spiro atoms. The Morgan fingerprint density at radius 2 is 2.15 bits per heavy atom. The van der Waals surface area contributed by atoms with E-state index < -0.39 is 5.60 Å². The summed E-state index contributed by atoms with van der Waals surface area (Å²) in [6.07, 6.45) is 3.30. The number of ether oxygens (including phenoxy) is 1. The number of benzene rings is 1. The van der Waals surface area contributed by atoms with Gasteiger partial charge in [-0.3, -0.25) is 4.79 Å². The van der Waals surface area contributed by atoms with Crippen molar-refractivity contribution in [2.45, 2.75) is 38.7 Å². The first kappa shape index (κ1) is 19.6. The van der Waals surface area contributed by atoms with Crippen LogP contribution in [0.3, 0.4) is 0 Å². The van der Waals surface area contributed by atoms with E-state index in [1.54, 1.807) is 36.2 Å². The third-order valence-electron chi connectivity index (χ3n) is 4.84. The number of aromatic nitrogens is 2. The summed E-state index contributed by atoms with van der Waals surface area (Å²) >= 11 is 5.96. The monoisotopic (exact) mass is 389 g/mol. The number of aryl methyl sites for hydroxylation is 2. The number of hydrogen-bond acceptors (Lipinski definition) is 5. The molecule has 0 saturated carbocycles. The van der Waals surface area contributed by atoms with Crippen molar-refractivity contribution in [3.05, 3.63) is 52.6 Å². The smallest absolute Gasteiger partial charge is 0.257 e. The maximum absolute atomic E-state index is 12.8. The molecule has 6 nitrogen and oxygen atoms in total. The number of carbonyl (C=O) groups excluding carboxylic acids is 1. The Balaban J connectivity index is 1.63. The molecule has 1 amide bonds. The lowest BCUT2D eigenvalue weighted by molar-refractivity contribution is -0.0163. The summed E-state index contributed by atoms with van der Waals surface area (Å²) in [5.41, 5.74) is 0.216. The molecule has 0 radical (unpaired) electrons. The molecular formula is C20H24ClN3O3. The predicted octanol–water partition coefficient (Wildman–Crippen LogP) is 3.18. The number of carbonyl (C=O) groups is 1. The second-order valence-corrected chi connectivity index (χ2v) is 7.47. The van der Waals surface area contributed by atoms with Crippen molar-refractivity contribution in [2.24, 2.45) is 0 Å². The fourth-order valence-corrected chi connectivity index (χ4v) is 3.44. The molecule has 7 heteroatoms. The molecule has 2 heterocycles. The highest BCUT2D eigenvalue weighted by Crippen LogP contribution is 2.26. The van der Waals surface area contributed by atoms with Crippen LogP contribution in [0, 0.1) is 13.8 Å². The van der Waals surface area contributed by atoms with Gasteiger partial charge in [0.25, 0.3) is 5.91 Å². The molecule has 1 saturated heterocycles. The lowest BCUT2D eigenvalue weighted by Crippen LogP contribution is -2.38. The first-order chi connectivity index (χ1) is 12.9. The van der Waals surface area contributed by atoms with E-state index in [-0.39, 0.29) is 12.5 Å². The number of halogens is 1. The summed E-state index contributed by atoms with van der Waals surface area (Å²) in [6.45, 7) is 4.83. The average molecular weight is 390 g/mol. The van der Waals surface area contributed by atoms with Crippen molar-refractivity contribution in [1.29, 1.82) is 0 Å². The number of likely N-dealkylation sites (tertiary alicyclic amines) is 1. The summed E-state index contributed by atoms with van der Waals surface area (Å²) in [5, 5.41) is 11.5. The van der Waals surface area contributed by atoms with Gasteiger partial charge in [0.05, 0.1) is 11.3 Å². The zero-order valence-electron chi connectivity index (χ0n) is 15.6. The molecule has 1 aliphatic heterocycles. The van der Waals surface area contributed by atoms with Crippen molar-refractivity contribution in [3.63, 3.8) is 0 Å². The standard InChI is InChI=1S/C20H24ClN3O3/c1-14-18(12-22-15(2)23-14)19(25)24-9-4-7-20(26,8-10-24)13-27-17-6-3-5-16(21)11-17/h3,5-6,11-12,26H,4,7-10,13H2,1-2H3. The highest BCUT2D eigenvalue weighted by Gasteiger charge is 2.33. The van der Waals surface area contributed by atoms with E-state index in [0.29, 0.717) is 60.2 Å². The molecular weight excluding hydrogens is 366 g/mol. The number of nitrogens with zero attached hydrogens (tertiary/aromatic N) is 3. The molecule has 27 heavy (non-hydrogen) atoms. The van der Waals surface area contributed by atoms with Crippen LogP contribution in [0.25, 0.3) is 0 Å². The van der Waals surface area contributed by atoms with Crippen LogP contribution in [0.4, 0.5) is 0 Å². The van der Waals surface area contributed by atoms with Gasteiger partial charge in [-0.1, -0.05) is 17.7 Å². The van der Waals surface area contributed by atoms with Crippen molar-refractivity contribution in [2.75, 3.05) is 19.7 Å². The van der Waals surface area contributed by atoms with Crippen molar-refractivity contribution >= 4 is 17.5 Å². The summed E-state index contributed by atoms with van der Waals surface area (Å²) in [7, 11) is 0. The molecule has 0 aliphatic carbocycles. The van der Waals surface area contributed by atoms with E-state index in [0.717, 1.165) is 0 Å². The third-order valence-corrected chi connectivity index (χ3v) is 5.07. The quantitative estimate of drug-likeness (QED) is 0.869. The van der Waals surface area contributed by atoms with Gasteiger partial charge in [-0.25, -0.2) is 9.97 Å². The van der Waals surface area contributed by atoms with Crippen LogP contribution >= 0.6 is 11.6 Å². The Kier molecular flexibility index (Phi) is 5.97. The molecule has 1 aromatic heterocycles. The largest absolute Gasteiger partial charge is 0.491 e. The molecule has 3 rings (SSSR count). The zero-order valence-corrected chi connectivity index (χ0v) is 16.4. The van der Waals surface area contributed by atoms with Gasteiger partial charge in [0, 0.05) is 24.3 Å². The Morgan fingerprint density at radius 1 is 1.33 bits per heavy atom. The normalized spacial score (nSPS) is 20.2. The van der Waals surface area contributed by atoms with Gasteiger partial charge in [0.1, 0.15) is 23.8 Å². The molecule has 1 atom stereocenters. The van der Waals surface area contributed by atoms with E-state index in [1.165, 1.54) is 0 Å². The molecule has 144 valence electrons. The van der Waals surface area contributed by atoms with Gasteiger partial charge >= 0.3 is 0 Å². The van der Waals surface area contributed by atoms with Crippen LogP contribution in [0.15, 0.2) is 30.5 Å². The maximum atomic E-state index is 12.8. The third kappa shape index (κ3) is 4.96. The number of hydrogen-bond donors (Lipinski definition) is 1. The van der Waals surface area contributed by atoms with Gasteiger partial charge in [-0.2, -0.15) is 0 Å². The minimum Gasteiger partial charge on any atom is -0.491 e. The fourth-order valence-electron chi connectivity index (χ4n) is 3.26. The van der Waals surface area contributed by atoms with E-state index in [2.05, 4.69) is 9.97 Å². The number of aliphatic hydroxyl groups is 1. The average Bonchev–Trinajstić information content (AvgIpc) is 2.82. The van der Waals surface area contributed by atoms with Crippen LogP contribution in [-0.2, 0) is 0 Å². The Bertz CT molecular complexity index is 830. The Morgan fingerprint density at radius 3 is 2.89 bits per heavy atom. The first-order valence-electron chi connectivity index (χ1n) is 9.07. The topological polar surface area (TPSA) is 75.6 Å². The first-order valence-corrected chi connectivity index (χ1v) is 9.44. The van der Waals surface area contributed by atoms with Crippen LogP contribution in [-0.4, -0.2) is 51.2 Å². The minimum atomic E-state index is -0.976. The molecule has 0 bridgehead atoms. The van der Waals surface area contributed by atoms with Gasteiger partial charge in [-0.05, 0) is 51.3 Å². The van der Waals surface area contributed by atoms with Crippen molar-refractivity contribution < 1.29 is 14.6 Å². The lowest BCUT2D eigenvalue weighted by atomic mass is 9.96. The van der Waals surface area contributed by atoms with Crippen molar-refractivity contribution in [3.8, 4) is 5.75 Å². The predicted molar refractivity (Wildman–Crippen MR) is 103 cm³/mol. The maximum Gasteiger partial charge on any atom is 0.257 e. The highest BCUT2D eigenvalue weighted by molar-refractivity contribution is 6.30.